The van der Waals surface area contributed by atoms with E-state index < -0.39 is 4.92 Å². The van der Waals surface area contributed by atoms with Gasteiger partial charge in [0.2, 0.25) is 11.8 Å². The second kappa shape index (κ2) is 8.64. The molecule has 1 amide bonds. The molecule has 0 saturated carbocycles. The zero-order chi connectivity index (χ0) is 22.8. The smallest absolute Gasteiger partial charge is 0.288 e. The molecule has 3 aromatic carbocycles. The van der Waals surface area contributed by atoms with E-state index in [1.165, 1.54) is 24.3 Å². The Labute approximate surface area is 188 Å². The highest BCUT2D eigenvalue weighted by Crippen LogP contribution is 2.28. The van der Waals surface area contributed by atoms with Gasteiger partial charge in [0.25, 0.3) is 5.69 Å². The van der Waals surface area contributed by atoms with E-state index in [1.54, 1.807) is 24.3 Å². The van der Waals surface area contributed by atoms with E-state index in [2.05, 4.69) is 16.4 Å². The number of nitro groups is 1. The number of fused-ring (bicyclic) bond motifs is 1. The number of rotatable bonds is 5. The van der Waals surface area contributed by atoms with Crippen LogP contribution < -0.4 is 5.32 Å². The molecule has 7 nitrogen and oxygen atoms in total. The third-order valence-corrected chi connectivity index (χ3v) is 5.04. The van der Waals surface area contributed by atoms with Crippen LogP contribution in [0.2, 0.25) is 5.02 Å². The number of nitro benzene ring substituents is 1. The highest BCUT2D eigenvalue weighted by molar-refractivity contribution is 6.32. The molecule has 0 aliphatic heterocycles. The first-order valence-electron chi connectivity index (χ1n) is 9.71. The van der Waals surface area contributed by atoms with E-state index >= 15 is 0 Å². The molecule has 0 saturated heterocycles. The Kier molecular flexibility index (Phi) is 5.75. The van der Waals surface area contributed by atoms with Crippen LogP contribution in [0.3, 0.4) is 0 Å². The molecule has 0 spiro atoms. The summed E-state index contributed by atoms with van der Waals surface area (Å²) in [5, 5.41) is 13.8. The molecule has 0 bridgehead atoms. The van der Waals surface area contributed by atoms with Gasteiger partial charge in [0.15, 0.2) is 5.58 Å². The highest BCUT2D eigenvalue weighted by Gasteiger charge is 2.12. The Bertz CT molecular complexity index is 1370. The first-order valence-corrected chi connectivity index (χ1v) is 10.1. The van der Waals surface area contributed by atoms with Gasteiger partial charge in [-0.1, -0.05) is 34.9 Å². The topological polar surface area (TPSA) is 98.3 Å². The van der Waals surface area contributed by atoms with Gasteiger partial charge >= 0.3 is 0 Å². The number of nitrogens with one attached hydrogen (secondary N) is 1. The number of aryl methyl sites for hydroxylation is 2. The molecular formula is C24H18ClN3O4. The summed E-state index contributed by atoms with van der Waals surface area (Å²) >= 11 is 5.81. The van der Waals surface area contributed by atoms with Crippen molar-refractivity contribution in [3.8, 4) is 11.5 Å². The Balaban J connectivity index is 1.52. The van der Waals surface area contributed by atoms with Gasteiger partial charge in [-0.25, -0.2) is 4.98 Å². The molecule has 8 heteroatoms. The summed E-state index contributed by atoms with van der Waals surface area (Å²) in [6.07, 6.45) is 2.77. The predicted molar refractivity (Wildman–Crippen MR) is 125 cm³/mol. The summed E-state index contributed by atoms with van der Waals surface area (Å²) in [5.74, 6) is 0.125. The second-order valence-corrected chi connectivity index (χ2v) is 7.78. The number of hydrogen-bond acceptors (Lipinski definition) is 5. The lowest BCUT2D eigenvalue weighted by Crippen LogP contribution is -2.07. The Morgan fingerprint density at radius 3 is 2.56 bits per heavy atom. The lowest BCUT2D eigenvalue weighted by Gasteiger charge is -2.01. The van der Waals surface area contributed by atoms with Gasteiger partial charge in [-0.15, -0.1) is 0 Å². The number of carbonyl (C=O) groups excluding carboxylic acids is 1. The van der Waals surface area contributed by atoms with E-state index in [0.717, 1.165) is 16.7 Å². The summed E-state index contributed by atoms with van der Waals surface area (Å²) in [5.41, 5.74) is 5.18. The van der Waals surface area contributed by atoms with Gasteiger partial charge in [0, 0.05) is 23.4 Å². The fourth-order valence-corrected chi connectivity index (χ4v) is 3.54. The standard InChI is InChI=1S/C24H18ClN3O4/c1-14-9-15(2)11-17(10-14)24-27-20-13-18(5-7-22(20)32-24)26-23(29)8-4-16-3-6-19(25)21(12-16)28(30)31/h3-13H,1-2H3,(H,26,29)/b8-4+. The maximum atomic E-state index is 12.3. The first kappa shape index (κ1) is 21.3. The number of aromatic nitrogens is 1. The van der Waals surface area contributed by atoms with Crippen molar-refractivity contribution in [2.75, 3.05) is 5.32 Å². The van der Waals surface area contributed by atoms with Crippen molar-refractivity contribution in [3.63, 3.8) is 0 Å². The fraction of sp³-hybridized carbons (Fsp3) is 0.0833. The summed E-state index contributed by atoms with van der Waals surface area (Å²) in [7, 11) is 0. The molecule has 1 N–H and O–H groups in total. The normalized spacial score (nSPS) is 11.2. The van der Waals surface area contributed by atoms with Crippen LogP contribution in [0, 0.1) is 24.0 Å². The Morgan fingerprint density at radius 2 is 1.84 bits per heavy atom. The van der Waals surface area contributed by atoms with E-state index in [9.17, 15) is 14.9 Å². The van der Waals surface area contributed by atoms with Crippen LogP contribution in [-0.4, -0.2) is 15.8 Å². The number of nitrogens with zero attached hydrogens (tertiary/aromatic N) is 2. The monoisotopic (exact) mass is 447 g/mol. The van der Waals surface area contributed by atoms with Crippen LogP contribution in [0.4, 0.5) is 11.4 Å². The molecule has 0 aliphatic carbocycles. The van der Waals surface area contributed by atoms with Gasteiger partial charge in [-0.3, -0.25) is 14.9 Å². The van der Waals surface area contributed by atoms with Crippen molar-refractivity contribution in [3.05, 3.63) is 92.5 Å². The molecule has 160 valence electrons. The Hall–Kier alpha value is -3.97. The number of carbonyl (C=O) groups is 1. The average molecular weight is 448 g/mol. The van der Waals surface area contributed by atoms with E-state index in [0.29, 0.717) is 28.2 Å². The molecule has 0 unspecified atom stereocenters. The molecule has 4 rings (SSSR count). The third-order valence-electron chi connectivity index (χ3n) is 4.72. The van der Waals surface area contributed by atoms with E-state index in [1.807, 2.05) is 26.0 Å². The molecular weight excluding hydrogens is 430 g/mol. The number of anilines is 1. The van der Waals surface area contributed by atoms with Crippen LogP contribution in [0.15, 0.2) is 65.1 Å². The Morgan fingerprint density at radius 1 is 1.09 bits per heavy atom. The SMILES string of the molecule is Cc1cc(C)cc(-c2nc3cc(NC(=O)/C=C/c4ccc(Cl)c([N+](=O)[O-])c4)ccc3o2)c1. The van der Waals surface area contributed by atoms with Crippen LogP contribution in [0.1, 0.15) is 16.7 Å². The van der Waals surface area contributed by atoms with Gasteiger partial charge < -0.3 is 9.73 Å². The molecule has 0 fully saturated rings. The summed E-state index contributed by atoms with van der Waals surface area (Å²) in [6.45, 7) is 4.03. The fourth-order valence-electron chi connectivity index (χ4n) is 3.36. The maximum Gasteiger partial charge on any atom is 0.288 e. The minimum absolute atomic E-state index is 0.0395. The molecule has 0 radical (unpaired) electrons. The first-order chi connectivity index (χ1) is 15.3. The largest absolute Gasteiger partial charge is 0.436 e. The molecule has 32 heavy (non-hydrogen) atoms. The van der Waals surface area contributed by atoms with Gasteiger partial charge in [0.05, 0.1) is 4.92 Å². The number of halogens is 1. The summed E-state index contributed by atoms with van der Waals surface area (Å²) in [6, 6.07) is 15.6. The second-order valence-electron chi connectivity index (χ2n) is 7.37. The minimum atomic E-state index is -0.570. The van der Waals surface area contributed by atoms with Crippen LogP contribution in [0.25, 0.3) is 28.6 Å². The lowest BCUT2D eigenvalue weighted by atomic mass is 10.1. The zero-order valence-corrected chi connectivity index (χ0v) is 18.0. The zero-order valence-electron chi connectivity index (χ0n) is 17.3. The van der Waals surface area contributed by atoms with Crippen LogP contribution >= 0.6 is 11.6 Å². The number of hydrogen-bond donors (Lipinski definition) is 1. The number of benzene rings is 3. The minimum Gasteiger partial charge on any atom is -0.436 e. The molecule has 1 aromatic heterocycles. The van der Waals surface area contributed by atoms with Gasteiger partial charge in [-0.2, -0.15) is 0 Å². The van der Waals surface area contributed by atoms with E-state index in [4.69, 9.17) is 16.0 Å². The number of oxazole rings is 1. The van der Waals surface area contributed by atoms with Gasteiger partial charge in [-0.05, 0) is 61.9 Å². The molecule has 4 aromatic rings. The average Bonchev–Trinajstić information content (AvgIpc) is 3.16. The third kappa shape index (κ3) is 4.68. The van der Waals surface area contributed by atoms with Gasteiger partial charge in [0.1, 0.15) is 10.5 Å². The maximum absolute atomic E-state index is 12.3. The molecule has 0 atom stereocenters. The van der Waals surface area contributed by atoms with Crippen molar-refractivity contribution in [2.45, 2.75) is 13.8 Å². The van der Waals surface area contributed by atoms with Crippen molar-refractivity contribution in [2.24, 2.45) is 0 Å². The van der Waals surface area contributed by atoms with Crippen molar-refractivity contribution in [1.29, 1.82) is 0 Å². The predicted octanol–water partition coefficient (Wildman–Crippen LogP) is 6.33. The highest BCUT2D eigenvalue weighted by atomic mass is 35.5. The van der Waals surface area contributed by atoms with E-state index in [-0.39, 0.29) is 16.6 Å². The summed E-state index contributed by atoms with van der Waals surface area (Å²) in [4.78, 5) is 27.3. The van der Waals surface area contributed by atoms with Crippen LogP contribution in [-0.2, 0) is 4.79 Å². The van der Waals surface area contributed by atoms with Crippen molar-refractivity contribution >= 4 is 46.1 Å². The molecule has 0 aliphatic rings. The van der Waals surface area contributed by atoms with Crippen molar-refractivity contribution in [1.82, 2.24) is 4.98 Å². The lowest BCUT2D eigenvalue weighted by molar-refractivity contribution is -0.384. The molecule has 1 heterocycles. The summed E-state index contributed by atoms with van der Waals surface area (Å²) < 4.78 is 5.87. The quantitative estimate of drug-likeness (QED) is 0.219. The number of amides is 1. The van der Waals surface area contributed by atoms with Crippen molar-refractivity contribution < 1.29 is 14.1 Å². The van der Waals surface area contributed by atoms with Crippen LogP contribution in [0.5, 0.6) is 0 Å².